The Hall–Kier alpha value is -2.60. The molecule has 1 aromatic heterocycles. The van der Waals surface area contributed by atoms with E-state index in [1.807, 2.05) is 20.8 Å². The highest BCUT2D eigenvalue weighted by molar-refractivity contribution is 7.92. The lowest BCUT2D eigenvalue weighted by atomic mass is 10.1. The number of benzene rings is 1. The van der Waals surface area contributed by atoms with Crippen molar-refractivity contribution in [3.05, 3.63) is 77.8 Å². The van der Waals surface area contributed by atoms with E-state index >= 15 is 0 Å². The van der Waals surface area contributed by atoms with Gasteiger partial charge in [0.15, 0.2) is 15.9 Å². The van der Waals surface area contributed by atoms with Crippen LogP contribution in [0.25, 0.3) is 0 Å². The third-order valence-electron chi connectivity index (χ3n) is 4.39. The fraction of sp³-hybridized carbons (Fsp3) is 0.348. The van der Waals surface area contributed by atoms with Gasteiger partial charge in [-0.25, -0.2) is 8.42 Å². The average Bonchev–Trinajstić information content (AvgIpc) is 3.19. The van der Waals surface area contributed by atoms with E-state index in [-0.39, 0.29) is 10.7 Å². The van der Waals surface area contributed by atoms with Crippen molar-refractivity contribution in [1.82, 2.24) is 0 Å². The summed E-state index contributed by atoms with van der Waals surface area (Å²) in [7, 11) is -3.84. The van der Waals surface area contributed by atoms with Crippen LogP contribution in [0.4, 0.5) is 0 Å². The molecule has 0 aliphatic rings. The Kier molecular flexibility index (Phi) is 8.02. The van der Waals surface area contributed by atoms with Crippen LogP contribution in [-0.4, -0.2) is 19.6 Å². The summed E-state index contributed by atoms with van der Waals surface area (Å²) in [5.41, 5.74) is 2.11. The summed E-state index contributed by atoms with van der Waals surface area (Å²) in [5, 5.41) is -1.10. The molecule has 1 aromatic carbocycles. The van der Waals surface area contributed by atoms with Crippen LogP contribution in [0.2, 0.25) is 0 Å². The topological polar surface area (TPSA) is 73.6 Å². The number of esters is 1. The summed E-state index contributed by atoms with van der Waals surface area (Å²) in [6.45, 7) is 7.19. The number of carbonyl (C=O) groups is 1. The Morgan fingerprint density at radius 2 is 1.76 bits per heavy atom. The Labute approximate surface area is 173 Å². The molecule has 0 N–H and O–H groups in total. The van der Waals surface area contributed by atoms with Crippen LogP contribution in [0.15, 0.2) is 81.3 Å². The number of hydrogen-bond acceptors (Lipinski definition) is 5. The zero-order valence-electron chi connectivity index (χ0n) is 17.3. The summed E-state index contributed by atoms with van der Waals surface area (Å²) < 4.78 is 37.8. The fourth-order valence-electron chi connectivity index (χ4n) is 2.98. The third-order valence-corrected chi connectivity index (χ3v) is 6.41. The second-order valence-electron chi connectivity index (χ2n) is 7.20. The minimum absolute atomic E-state index is 0.169. The highest BCUT2D eigenvalue weighted by Gasteiger charge is 2.38. The Morgan fingerprint density at radius 3 is 2.31 bits per heavy atom. The van der Waals surface area contributed by atoms with Crippen LogP contribution in [-0.2, 0) is 19.4 Å². The van der Waals surface area contributed by atoms with E-state index in [0.717, 1.165) is 12.0 Å². The minimum Gasteiger partial charge on any atom is -0.465 e. The minimum atomic E-state index is -3.84. The van der Waals surface area contributed by atoms with Crippen molar-refractivity contribution in [2.75, 3.05) is 0 Å². The van der Waals surface area contributed by atoms with Gasteiger partial charge in [-0.15, -0.1) is 0 Å². The van der Waals surface area contributed by atoms with Gasteiger partial charge in [-0.2, -0.15) is 0 Å². The standard InChI is InChI=1S/C23H28O5S/c1-17(2)10-8-11-18(3)16-22(29(25,26)20-12-6-5-7-13-20)23(28-19(4)24)21-14-9-15-27-21/h5-7,9-10,12-16,22-23H,8,11H2,1-4H3/b18-16+. The van der Waals surface area contributed by atoms with E-state index in [9.17, 15) is 13.2 Å². The monoisotopic (exact) mass is 416 g/mol. The lowest BCUT2D eigenvalue weighted by Gasteiger charge is -2.24. The average molecular weight is 417 g/mol. The highest BCUT2D eigenvalue weighted by Crippen LogP contribution is 2.33. The van der Waals surface area contributed by atoms with Gasteiger partial charge in [-0.1, -0.05) is 41.5 Å². The molecule has 2 rings (SSSR count). The van der Waals surface area contributed by atoms with Crippen molar-refractivity contribution < 1.29 is 22.4 Å². The second kappa shape index (κ2) is 10.3. The summed E-state index contributed by atoms with van der Waals surface area (Å²) in [6.07, 6.45) is 5.65. The van der Waals surface area contributed by atoms with Crippen LogP contribution in [0.3, 0.4) is 0 Å². The lowest BCUT2D eigenvalue weighted by Crippen LogP contribution is -2.30. The molecular weight excluding hydrogens is 388 g/mol. The number of hydrogen-bond donors (Lipinski definition) is 0. The van der Waals surface area contributed by atoms with E-state index in [2.05, 4.69) is 6.08 Å². The van der Waals surface area contributed by atoms with Gasteiger partial charge >= 0.3 is 5.97 Å². The SMILES string of the molecule is CC(=O)OC(c1ccco1)C(/C=C(\C)CCC=C(C)C)S(=O)(=O)c1ccccc1. The molecule has 2 atom stereocenters. The molecule has 0 spiro atoms. The van der Waals surface area contributed by atoms with Crippen molar-refractivity contribution in [3.8, 4) is 0 Å². The van der Waals surface area contributed by atoms with Gasteiger partial charge in [-0.05, 0) is 57.9 Å². The van der Waals surface area contributed by atoms with E-state index in [1.54, 1.807) is 48.5 Å². The van der Waals surface area contributed by atoms with Crippen molar-refractivity contribution in [2.24, 2.45) is 0 Å². The fourth-order valence-corrected chi connectivity index (χ4v) is 4.76. The predicted molar refractivity (Wildman–Crippen MR) is 113 cm³/mol. The Balaban J connectivity index is 2.52. The molecule has 0 aliphatic carbocycles. The van der Waals surface area contributed by atoms with Crippen molar-refractivity contribution in [2.45, 2.75) is 56.8 Å². The van der Waals surface area contributed by atoms with Gasteiger partial charge in [0.2, 0.25) is 0 Å². The number of furan rings is 1. The number of rotatable bonds is 9. The van der Waals surface area contributed by atoms with Crippen LogP contribution < -0.4 is 0 Å². The first-order valence-electron chi connectivity index (χ1n) is 9.52. The van der Waals surface area contributed by atoms with Crippen LogP contribution in [0.1, 0.15) is 52.4 Å². The Bertz CT molecular complexity index is 950. The molecule has 0 saturated heterocycles. The van der Waals surface area contributed by atoms with Crippen LogP contribution in [0, 0.1) is 0 Å². The molecule has 156 valence electrons. The summed E-state index contributed by atoms with van der Waals surface area (Å²) in [4.78, 5) is 11.9. The molecule has 5 nitrogen and oxygen atoms in total. The highest BCUT2D eigenvalue weighted by atomic mass is 32.2. The molecule has 0 fully saturated rings. The van der Waals surface area contributed by atoms with Crippen LogP contribution >= 0.6 is 0 Å². The quantitative estimate of drug-likeness (QED) is 0.403. The third kappa shape index (κ3) is 6.46. The first-order chi connectivity index (χ1) is 13.7. The molecule has 2 unspecified atom stereocenters. The molecule has 29 heavy (non-hydrogen) atoms. The molecule has 0 saturated carbocycles. The maximum absolute atomic E-state index is 13.5. The van der Waals surface area contributed by atoms with Crippen LogP contribution in [0.5, 0.6) is 0 Å². The first-order valence-corrected chi connectivity index (χ1v) is 11.1. The first kappa shape index (κ1) is 22.7. The molecule has 2 aromatic rings. The van der Waals surface area contributed by atoms with Gasteiger partial charge in [-0.3, -0.25) is 4.79 Å². The van der Waals surface area contributed by atoms with Gasteiger partial charge in [0, 0.05) is 6.92 Å². The van der Waals surface area contributed by atoms with E-state index < -0.39 is 27.2 Å². The molecule has 6 heteroatoms. The number of carbonyl (C=O) groups excluding carboxylic acids is 1. The number of ether oxygens (including phenoxy) is 1. The maximum Gasteiger partial charge on any atom is 0.303 e. The molecular formula is C23H28O5S. The van der Waals surface area contributed by atoms with Crippen molar-refractivity contribution in [1.29, 1.82) is 0 Å². The molecule has 1 heterocycles. The normalized spacial score (nSPS) is 14.1. The van der Waals surface area contributed by atoms with Gasteiger partial charge in [0.1, 0.15) is 11.0 Å². The maximum atomic E-state index is 13.5. The van der Waals surface area contributed by atoms with Crippen molar-refractivity contribution in [3.63, 3.8) is 0 Å². The number of sulfone groups is 1. The molecule has 0 aliphatic heterocycles. The summed E-state index contributed by atoms with van der Waals surface area (Å²) in [5.74, 6) is -0.284. The molecule has 0 bridgehead atoms. The molecule has 0 radical (unpaired) electrons. The van der Waals surface area contributed by atoms with E-state index in [1.165, 1.54) is 18.8 Å². The number of allylic oxidation sites excluding steroid dienone is 3. The molecule has 0 amide bonds. The Morgan fingerprint density at radius 1 is 1.07 bits per heavy atom. The van der Waals surface area contributed by atoms with Gasteiger partial charge in [0.05, 0.1) is 11.2 Å². The summed E-state index contributed by atoms with van der Waals surface area (Å²) >= 11 is 0. The van der Waals surface area contributed by atoms with E-state index in [0.29, 0.717) is 6.42 Å². The van der Waals surface area contributed by atoms with Crippen molar-refractivity contribution >= 4 is 15.8 Å². The predicted octanol–water partition coefficient (Wildman–Crippen LogP) is 5.42. The zero-order valence-corrected chi connectivity index (χ0v) is 18.1. The van der Waals surface area contributed by atoms with E-state index in [4.69, 9.17) is 9.15 Å². The smallest absolute Gasteiger partial charge is 0.303 e. The largest absolute Gasteiger partial charge is 0.465 e. The second-order valence-corrected chi connectivity index (χ2v) is 9.31. The van der Waals surface area contributed by atoms with Gasteiger partial charge in [0.25, 0.3) is 0 Å². The van der Waals surface area contributed by atoms with Gasteiger partial charge < -0.3 is 9.15 Å². The zero-order chi connectivity index (χ0) is 21.4. The lowest BCUT2D eigenvalue weighted by molar-refractivity contribution is -0.147. The summed E-state index contributed by atoms with van der Waals surface area (Å²) in [6, 6.07) is 11.4.